The molecule has 0 spiro atoms. The molecule has 13 heteroatoms. The molecule has 3 aliphatic carbocycles. The molecule has 216 valence electrons. The number of ketones is 2. The molecule has 0 fully saturated rings. The van der Waals surface area contributed by atoms with Gasteiger partial charge in [-0.15, -0.1) is 0 Å². The molecule has 4 atom stereocenters. The minimum atomic E-state index is -2.82. The summed E-state index contributed by atoms with van der Waals surface area (Å²) >= 11 is 0. The van der Waals surface area contributed by atoms with Gasteiger partial charge in [0.1, 0.15) is 22.9 Å². The van der Waals surface area contributed by atoms with Crippen molar-refractivity contribution in [2.45, 2.75) is 38.3 Å². The summed E-state index contributed by atoms with van der Waals surface area (Å²) in [4.78, 5) is 54.9. The van der Waals surface area contributed by atoms with Crippen LogP contribution in [0.1, 0.15) is 36.2 Å². The van der Waals surface area contributed by atoms with Gasteiger partial charge in [-0.05, 0) is 40.5 Å². The van der Waals surface area contributed by atoms with Gasteiger partial charge in [-0.1, -0.05) is 13.8 Å². The summed E-state index contributed by atoms with van der Waals surface area (Å²) in [6.45, 7) is 3.83. The van der Waals surface area contributed by atoms with Gasteiger partial charge >= 0.3 is 0 Å². The molecule has 12 nitrogen and oxygen atoms in total. The van der Waals surface area contributed by atoms with E-state index in [4.69, 9.17) is 5.73 Å². The van der Waals surface area contributed by atoms with Crippen molar-refractivity contribution < 1.29 is 44.0 Å². The van der Waals surface area contributed by atoms with Crippen LogP contribution in [0, 0.1) is 17.2 Å². The third-order valence-electron chi connectivity index (χ3n) is 8.30. The van der Waals surface area contributed by atoms with E-state index < -0.39 is 86.2 Å². The quantitative estimate of drug-likeness (QED) is 0.211. The number of primary amides is 1. The Kier molecular flexibility index (Phi) is 7.06. The Hall–Kier alpha value is -3.81. The number of hydrogen-bond acceptors (Lipinski definition) is 10. The van der Waals surface area contributed by atoms with Gasteiger partial charge in [0.15, 0.2) is 17.1 Å². The van der Waals surface area contributed by atoms with Crippen molar-refractivity contribution in [3.05, 3.63) is 45.7 Å². The second-order valence-electron chi connectivity index (χ2n) is 11.2. The van der Waals surface area contributed by atoms with Crippen LogP contribution in [-0.2, 0) is 20.8 Å². The number of benzene rings is 1. The minimum absolute atomic E-state index is 0.0707. The Morgan fingerprint density at radius 3 is 2.38 bits per heavy atom. The van der Waals surface area contributed by atoms with Crippen molar-refractivity contribution >= 4 is 29.1 Å². The summed E-state index contributed by atoms with van der Waals surface area (Å²) in [5.74, 6) is -8.96. The van der Waals surface area contributed by atoms with Crippen LogP contribution in [-0.4, -0.2) is 99.5 Å². The van der Waals surface area contributed by atoms with Crippen molar-refractivity contribution in [1.82, 2.24) is 9.80 Å². The van der Waals surface area contributed by atoms with E-state index in [0.717, 1.165) is 6.07 Å². The fraction of sp³-hybridized carbons (Fsp3) is 0.481. The number of likely N-dealkylation sites (N-methyl/N-ethyl adjacent to an activating group) is 2. The molecule has 0 unspecified atom stereocenters. The minimum Gasteiger partial charge on any atom is -0.510 e. The number of rotatable bonds is 6. The molecule has 2 amide bonds. The molecule has 1 aromatic carbocycles. The molecule has 0 aliphatic heterocycles. The molecule has 0 radical (unpaired) electrons. The van der Waals surface area contributed by atoms with Crippen LogP contribution in [0.15, 0.2) is 28.7 Å². The van der Waals surface area contributed by atoms with Gasteiger partial charge in [0.25, 0.3) is 5.91 Å². The highest BCUT2D eigenvalue weighted by Gasteiger charge is 2.65. The highest BCUT2D eigenvalue weighted by atomic mass is 19.1. The number of aliphatic hydroxyl groups excluding tert-OH is 2. The molecule has 7 N–H and O–H groups in total. The van der Waals surface area contributed by atoms with E-state index in [9.17, 15) is 39.6 Å². The summed E-state index contributed by atoms with van der Waals surface area (Å²) in [6.07, 6.45) is -0.422. The first-order valence-electron chi connectivity index (χ1n) is 12.7. The number of amides is 2. The smallest absolute Gasteiger partial charge is 0.255 e. The number of phenolic OH excluding ortho intramolecular Hbond substituents is 1. The van der Waals surface area contributed by atoms with Crippen molar-refractivity contribution in [3.8, 4) is 5.75 Å². The van der Waals surface area contributed by atoms with E-state index in [1.54, 1.807) is 11.9 Å². The van der Waals surface area contributed by atoms with Gasteiger partial charge in [0.2, 0.25) is 11.7 Å². The van der Waals surface area contributed by atoms with Crippen LogP contribution in [0.25, 0.3) is 0 Å². The lowest BCUT2D eigenvalue weighted by atomic mass is 9.53. The summed E-state index contributed by atoms with van der Waals surface area (Å²) < 4.78 is 15.5. The monoisotopic (exact) mass is 560 g/mol. The number of aliphatic hydroxyl groups is 3. The van der Waals surface area contributed by atoms with Crippen LogP contribution in [0.3, 0.4) is 0 Å². The Morgan fingerprint density at radius 1 is 1.20 bits per heavy atom. The van der Waals surface area contributed by atoms with Gasteiger partial charge in [-0.25, -0.2) is 4.39 Å². The number of hydrogen-bond donors (Lipinski definition) is 6. The van der Waals surface area contributed by atoms with E-state index in [0.29, 0.717) is 6.54 Å². The third kappa shape index (κ3) is 4.07. The summed E-state index contributed by atoms with van der Waals surface area (Å²) in [7, 11) is 4.71. The van der Waals surface area contributed by atoms with E-state index >= 15 is 4.39 Å². The van der Waals surface area contributed by atoms with Crippen molar-refractivity contribution in [1.29, 1.82) is 0 Å². The number of nitrogens with two attached hydrogens (primary N) is 1. The third-order valence-corrected chi connectivity index (χ3v) is 8.30. The van der Waals surface area contributed by atoms with E-state index in [1.807, 2.05) is 6.92 Å². The second-order valence-corrected chi connectivity index (χ2v) is 11.2. The Bertz CT molecular complexity index is 1420. The molecular weight excluding hydrogens is 527 g/mol. The number of carbonyl (C=O) groups is 4. The lowest BCUT2D eigenvalue weighted by Crippen LogP contribution is -2.65. The van der Waals surface area contributed by atoms with Crippen LogP contribution in [0.4, 0.5) is 10.1 Å². The number of Topliss-reactive ketones (excluding diaryl/α,β-unsaturated/α-hetero) is 2. The lowest BCUT2D eigenvalue weighted by Gasteiger charge is -2.53. The van der Waals surface area contributed by atoms with Crippen LogP contribution >= 0.6 is 0 Å². The standard InChI is InChI=1S/C27H33FN4O8/c1-6-32(5)10-15(33)30-14-7-13(28)11-8-26(2)9-12-19(31(3)4)22(36)17(25(29)39)23(37)27(12,40)24(38)18(26)21(35)16(11)20(14)34/h7,12,19,34,36,38,40H,6,8-10H2,1-5H3,(H2,29,39)(H,30,33)/t12-,19-,26-,27+/m0/s1. The van der Waals surface area contributed by atoms with E-state index in [-0.39, 0.29) is 30.6 Å². The zero-order valence-corrected chi connectivity index (χ0v) is 22.8. The van der Waals surface area contributed by atoms with Crippen molar-refractivity contribution in [2.75, 3.05) is 39.5 Å². The zero-order chi connectivity index (χ0) is 30.1. The molecule has 1 aromatic rings. The average Bonchev–Trinajstić information content (AvgIpc) is 2.83. The van der Waals surface area contributed by atoms with Crippen LogP contribution in [0.5, 0.6) is 5.75 Å². The fourth-order valence-corrected chi connectivity index (χ4v) is 6.29. The number of allylic oxidation sites excluding steroid dienone is 1. The number of anilines is 1. The normalized spacial score (nSPS) is 28.0. The number of halogens is 1. The number of nitrogens with zero attached hydrogens (tertiary/aromatic N) is 2. The lowest BCUT2D eigenvalue weighted by molar-refractivity contribution is -0.150. The molecule has 0 aromatic heterocycles. The average molecular weight is 561 g/mol. The summed E-state index contributed by atoms with van der Waals surface area (Å²) in [6, 6.07) is -0.262. The van der Waals surface area contributed by atoms with Crippen LogP contribution in [0.2, 0.25) is 0 Å². The maximum atomic E-state index is 15.5. The Morgan fingerprint density at radius 2 is 1.82 bits per heavy atom. The zero-order valence-electron chi connectivity index (χ0n) is 22.8. The largest absolute Gasteiger partial charge is 0.510 e. The Labute approximate surface area is 229 Å². The molecule has 0 saturated carbocycles. The summed E-state index contributed by atoms with van der Waals surface area (Å²) in [5.41, 5.74) is -1.26. The molecule has 3 aliphatic rings. The number of fused-ring (bicyclic) bond motifs is 3. The predicted molar refractivity (Wildman–Crippen MR) is 140 cm³/mol. The molecule has 4 rings (SSSR count). The molecular formula is C27H33FN4O8. The first-order valence-corrected chi connectivity index (χ1v) is 12.7. The van der Waals surface area contributed by atoms with E-state index in [1.165, 1.54) is 25.9 Å². The highest BCUT2D eigenvalue weighted by Crippen LogP contribution is 2.58. The SMILES string of the molecule is CCN(C)CC(=O)Nc1cc(F)c2c(c1O)C(=O)C1=C(O)[C@]3(O)C(=O)C(C(N)=O)=C(O)[C@@H](N(C)C)[C@@H]3C[C@]1(C)C2. The second kappa shape index (κ2) is 9.68. The Balaban J connectivity index is 1.90. The molecule has 0 heterocycles. The van der Waals surface area contributed by atoms with E-state index in [2.05, 4.69) is 5.32 Å². The number of phenols is 1. The maximum Gasteiger partial charge on any atom is 0.255 e. The number of carbonyl (C=O) groups excluding carboxylic acids is 4. The first-order chi connectivity index (χ1) is 18.5. The first kappa shape index (κ1) is 29.2. The fourth-order valence-electron chi connectivity index (χ4n) is 6.29. The highest BCUT2D eigenvalue weighted by molar-refractivity contribution is 6.25. The van der Waals surface area contributed by atoms with Gasteiger partial charge in [0.05, 0.1) is 23.8 Å². The summed E-state index contributed by atoms with van der Waals surface area (Å²) in [5, 5.41) is 47.4. The molecule has 0 saturated heterocycles. The predicted octanol–water partition coefficient (Wildman–Crippen LogP) is 0.540. The maximum absolute atomic E-state index is 15.5. The van der Waals surface area contributed by atoms with Gasteiger partial charge in [-0.2, -0.15) is 0 Å². The van der Waals surface area contributed by atoms with Crippen LogP contribution < -0.4 is 11.1 Å². The van der Waals surface area contributed by atoms with Gasteiger partial charge in [-0.3, -0.25) is 29.0 Å². The van der Waals surface area contributed by atoms with Crippen molar-refractivity contribution in [2.24, 2.45) is 17.1 Å². The van der Waals surface area contributed by atoms with Gasteiger partial charge in [0, 0.05) is 28.5 Å². The number of aromatic hydroxyl groups is 1. The molecule has 40 heavy (non-hydrogen) atoms. The topological polar surface area (TPSA) is 194 Å². The van der Waals surface area contributed by atoms with Crippen molar-refractivity contribution in [3.63, 3.8) is 0 Å². The molecule has 0 bridgehead atoms. The number of nitrogens with one attached hydrogen (secondary N) is 1. The van der Waals surface area contributed by atoms with Gasteiger partial charge < -0.3 is 31.5 Å².